The maximum atomic E-state index is 6.07. The molecule has 92 valence electrons. The van der Waals surface area contributed by atoms with Gasteiger partial charge in [-0.1, -0.05) is 0 Å². The van der Waals surface area contributed by atoms with Crippen molar-refractivity contribution in [1.82, 2.24) is 14.7 Å². The van der Waals surface area contributed by atoms with E-state index in [2.05, 4.69) is 23.3 Å². The molecule has 0 aliphatic carbocycles. The molecule has 2 unspecified atom stereocenters. The number of hydrogen-bond donors (Lipinski definition) is 1. The van der Waals surface area contributed by atoms with Gasteiger partial charge in [-0.05, 0) is 20.2 Å². The standard InChI is InChI=1S/C11H22N4S/c1-9(12)11(14(2)5-6-16-4)10-7-13-15(3)8-10/h7-9,11H,5-6,12H2,1-4H3. The Balaban J connectivity index is 2.74. The Morgan fingerprint density at radius 1 is 1.62 bits per heavy atom. The van der Waals surface area contributed by atoms with Gasteiger partial charge in [0.2, 0.25) is 0 Å². The molecule has 0 aliphatic rings. The SMILES string of the molecule is CSCCN(C)C(c1cnn(C)c1)C(C)N. The van der Waals surface area contributed by atoms with Crippen molar-refractivity contribution in [2.75, 3.05) is 25.6 Å². The minimum absolute atomic E-state index is 0.107. The van der Waals surface area contributed by atoms with Crippen LogP contribution in [0.25, 0.3) is 0 Å². The van der Waals surface area contributed by atoms with E-state index in [1.54, 1.807) is 0 Å². The third-order valence-corrected chi connectivity index (χ3v) is 3.28. The van der Waals surface area contributed by atoms with Gasteiger partial charge in [0.25, 0.3) is 0 Å². The van der Waals surface area contributed by atoms with Crippen LogP contribution in [0.1, 0.15) is 18.5 Å². The molecule has 0 saturated heterocycles. The molecular weight excluding hydrogens is 220 g/mol. The van der Waals surface area contributed by atoms with Crippen LogP contribution >= 0.6 is 11.8 Å². The zero-order chi connectivity index (χ0) is 12.1. The largest absolute Gasteiger partial charge is 0.326 e. The first-order valence-electron chi connectivity index (χ1n) is 5.49. The molecule has 1 aromatic heterocycles. The lowest BCUT2D eigenvalue weighted by atomic mass is 10.0. The highest BCUT2D eigenvalue weighted by molar-refractivity contribution is 7.98. The van der Waals surface area contributed by atoms with Crippen LogP contribution < -0.4 is 5.73 Å². The highest BCUT2D eigenvalue weighted by atomic mass is 32.2. The van der Waals surface area contributed by atoms with Crippen molar-refractivity contribution < 1.29 is 0 Å². The van der Waals surface area contributed by atoms with Gasteiger partial charge in [-0.3, -0.25) is 9.58 Å². The number of rotatable bonds is 6. The van der Waals surface area contributed by atoms with Crippen LogP contribution in [0.2, 0.25) is 0 Å². The van der Waals surface area contributed by atoms with Gasteiger partial charge in [-0.15, -0.1) is 0 Å². The monoisotopic (exact) mass is 242 g/mol. The summed E-state index contributed by atoms with van der Waals surface area (Å²) in [5, 5.41) is 4.21. The van der Waals surface area contributed by atoms with Crippen LogP contribution in [0.3, 0.4) is 0 Å². The van der Waals surface area contributed by atoms with Crippen molar-refractivity contribution in [2.24, 2.45) is 12.8 Å². The van der Waals surface area contributed by atoms with Crippen molar-refractivity contribution in [1.29, 1.82) is 0 Å². The molecule has 1 heterocycles. The molecule has 4 nitrogen and oxygen atoms in total. The van der Waals surface area contributed by atoms with Crippen molar-refractivity contribution in [3.8, 4) is 0 Å². The van der Waals surface area contributed by atoms with Gasteiger partial charge < -0.3 is 5.73 Å². The van der Waals surface area contributed by atoms with Gasteiger partial charge in [-0.25, -0.2) is 0 Å². The third-order valence-electron chi connectivity index (χ3n) is 2.69. The lowest BCUT2D eigenvalue weighted by Crippen LogP contribution is -2.38. The Morgan fingerprint density at radius 3 is 2.75 bits per heavy atom. The Labute approximate surface area is 102 Å². The van der Waals surface area contributed by atoms with Gasteiger partial charge in [0.15, 0.2) is 0 Å². The number of thioether (sulfide) groups is 1. The summed E-state index contributed by atoms with van der Waals surface area (Å²) >= 11 is 1.86. The molecule has 5 heteroatoms. The van der Waals surface area contributed by atoms with Gasteiger partial charge in [-0.2, -0.15) is 16.9 Å². The lowest BCUT2D eigenvalue weighted by molar-refractivity contribution is 0.232. The minimum Gasteiger partial charge on any atom is -0.326 e. The number of nitrogens with two attached hydrogens (primary N) is 1. The highest BCUT2D eigenvalue weighted by Gasteiger charge is 2.21. The molecule has 2 N–H and O–H groups in total. The van der Waals surface area contributed by atoms with Crippen molar-refractivity contribution in [3.63, 3.8) is 0 Å². The first kappa shape index (κ1) is 13.5. The zero-order valence-electron chi connectivity index (χ0n) is 10.6. The molecular formula is C11H22N4S. The van der Waals surface area contributed by atoms with E-state index in [4.69, 9.17) is 5.73 Å². The fourth-order valence-electron chi connectivity index (χ4n) is 1.93. The normalized spacial score (nSPS) is 15.4. The average Bonchev–Trinajstić information content (AvgIpc) is 2.61. The second-order valence-corrected chi connectivity index (χ2v) is 5.21. The van der Waals surface area contributed by atoms with E-state index in [-0.39, 0.29) is 12.1 Å². The van der Waals surface area contributed by atoms with Gasteiger partial charge in [0.1, 0.15) is 0 Å². The summed E-state index contributed by atoms with van der Waals surface area (Å²) in [5.41, 5.74) is 7.26. The van der Waals surface area contributed by atoms with Gasteiger partial charge >= 0.3 is 0 Å². The summed E-state index contributed by atoms with van der Waals surface area (Å²) in [6, 6.07) is 0.358. The van der Waals surface area contributed by atoms with Crippen molar-refractivity contribution in [3.05, 3.63) is 18.0 Å². The summed E-state index contributed by atoms with van der Waals surface area (Å²) in [6.07, 6.45) is 6.08. The predicted molar refractivity (Wildman–Crippen MR) is 70.6 cm³/mol. The molecule has 0 aromatic carbocycles. The summed E-state index contributed by atoms with van der Waals surface area (Å²) < 4.78 is 1.83. The van der Waals surface area contributed by atoms with Crippen LogP contribution in [0.5, 0.6) is 0 Å². The quantitative estimate of drug-likeness (QED) is 0.811. The van der Waals surface area contributed by atoms with Gasteiger partial charge in [0, 0.05) is 37.1 Å². The number of aromatic nitrogens is 2. The smallest absolute Gasteiger partial charge is 0.0538 e. The van der Waals surface area contributed by atoms with Crippen molar-refractivity contribution in [2.45, 2.75) is 19.0 Å². The third kappa shape index (κ3) is 3.50. The van der Waals surface area contributed by atoms with Crippen LogP contribution in [-0.4, -0.2) is 46.3 Å². The second kappa shape index (κ2) is 6.27. The molecule has 0 radical (unpaired) electrons. The van der Waals surface area contributed by atoms with E-state index in [0.717, 1.165) is 12.3 Å². The molecule has 0 bridgehead atoms. The molecule has 1 aromatic rings. The molecule has 1 rings (SSSR count). The Kier molecular flexibility index (Phi) is 5.31. The topological polar surface area (TPSA) is 47.1 Å². The molecule has 0 fully saturated rings. The Morgan fingerprint density at radius 2 is 2.31 bits per heavy atom. The average molecular weight is 242 g/mol. The first-order valence-corrected chi connectivity index (χ1v) is 6.89. The predicted octanol–water partition coefficient (Wildman–Crippen LogP) is 1.10. The number of likely N-dealkylation sites (N-methyl/N-ethyl adjacent to an activating group) is 1. The summed E-state index contributed by atoms with van der Waals surface area (Å²) in [5.74, 6) is 1.12. The second-order valence-electron chi connectivity index (χ2n) is 4.22. The highest BCUT2D eigenvalue weighted by Crippen LogP contribution is 2.21. The maximum Gasteiger partial charge on any atom is 0.0538 e. The zero-order valence-corrected chi connectivity index (χ0v) is 11.4. The molecule has 16 heavy (non-hydrogen) atoms. The summed E-state index contributed by atoms with van der Waals surface area (Å²) in [6.45, 7) is 3.09. The lowest BCUT2D eigenvalue weighted by Gasteiger charge is -2.30. The fraction of sp³-hybridized carbons (Fsp3) is 0.727. The Bertz CT molecular complexity index is 311. The molecule has 2 atom stereocenters. The van der Waals surface area contributed by atoms with Crippen LogP contribution in [0.4, 0.5) is 0 Å². The first-order chi connectivity index (χ1) is 7.56. The minimum atomic E-state index is 0.107. The molecule has 0 aliphatic heterocycles. The van der Waals surface area contributed by atoms with E-state index >= 15 is 0 Å². The summed E-state index contributed by atoms with van der Waals surface area (Å²) in [4.78, 5) is 2.30. The summed E-state index contributed by atoms with van der Waals surface area (Å²) in [7, 11) is 4.06. The van der Waals surface area contributed by atoms with Crippen molar-refractivity contribution >= 4 is 11.8 Å². The van der Waals surface area contributed by atoms with E-state index in [9.17, 15) is 0 Å². The molecule has 0 amide bonds. The Hall–Kier alpha value is -0.520. The van der Waals surface area contributed by atoms with Gasteiger partial charge in [0.05, 0.1) is 12.2 Å². The van der Waals surface area contributed by atoms with E-state index in [0.29, 0.717) is 0 Å². The van der Waals surface area contributed by atoms with E-state index in [1.165, 1.54) is 5.56 Å². The maximum absolute atomic E-state index is 6.07. The van der Waals surface area contributed by atoms with Crippen LogP contribution in [0, 0.1) is 0 Å². The number of aryl methyl sites for hydroxylation is 1. The number of nitrogens with zero attached hydrogens (tertiary/aromatic N) is 3. The molecule has 0 saturated carbocycles. The van der Waals surface area contributed by atoms with E-state index in [1.807, 2.05) is 42.8 Å². The number of hydrogen-bond acceptors (Lipinski definition) is 4. The van der Waals surface area contributed by atoms with Crippen LogP contribution in [-0.2, 0) is 7.05 Å². The van der Waals surface area contributed by atoms with Crippen LogP contribution in [0.15, 0.2) is 12.4 Å². The fourth-order valence-corrected chi connectivity index (χ4v) is 2.40. The molecule has 0 spiro atoms. The van der Waals surface area contributed by atoms with E-state index < -0.39 is 0 Å².